The molecule has 0 atom stereocenters. The highest BCUT2D eigenvalue weighted by Gasteiger charge is 2.14. The second kappa shape index (κ2) is 8.55. The maximum absolute atomic E-state index is 11.1. The van der Waals surface area contributed by atoms with Gasteiger partial charge in [-0.25, -0.2) is 9.78 Å². The van der Waals surface area contributed by atoms with Crippen molar-refractivity contribution in [2.24, 2.45) is 0 Å². The summed E-state index contributed by atoms with van der Waals surface area (Å²) in [5, 5.41) is 9.81. The van der Waals surface area contributed by atoms with E-state index in [0.29, 0.717) is 29.7 Å². The van der Waals surface area contributed by atoms with Crippen molar-refractivity contribution in [3.63, 3.8) is 0 Å². The third-order valence-electron chi connectivity index (χ3n) is 3.77. The van der Waals surface area contributed by atoms with Crippen LogP contribution in [0.1, 0.15) is 15.4 Å². The van der Waals surface area contributed by atoms with Crippen molar-refractivity contribution in [1.29, 1.82) is 0 Å². The van der Waals surface area contributed by atoms with E-state index in [0.717, 1.165) is 17.1 Å². The monoisotopic (exact) mass is 385 g/mol. The summed E-state index contributed by atoms with van der Waals surface area (Å²) >= 11 is 1.17. The number of aryl methyl sites for hydroxylation is 1. The van der Waals surface area contributed by atoms with Gasteiger partial charge in [0, 0.05) is 5.56 Å². The first kappa shape index (κ1) is 18.7. The van der Waals surface area contributed by atoms with E-state index in [1.165, 1.54) is 11.3 Å². The molecule has 0 spiro atoms. The molecule has 2 aromatic carbocycles. The van der Waals surface area contributed by atoms with E-state index in [1.54, 1.807) is 14.0 Å². The summed E-state index contributed by atoms with van der Waals surface area (Å²) in [5.41, 5.74) is 1.39. The van der Waals surface area contributed by atoms with E-state index in [-0.39, 0.29) is 4.88 Å². The van der Waals surface area contributed by atoms with Gasteiger partial charge in [-0.05, 0) is 55.5 Å². The lowest BCUT2D eigenvalue weighted by Gasteiger charge is -2.09. The van der Waals surface area contributed by atoms with Gasteiger partial charge in [0.1, 0.15) is 40.3 Å². The number of benzene rings is 2. The Labute approximate surface area is 161 Å². The largest absolute Gasteiger partial charge is 0.497 e. The van der Waals surface area contributed by atoms with Crippen LogP contribution >= 0.6 is 11.3 Å². The van der Waals surface area contributed by atoms with Crippen LogP contribution in [0.4, 0.5) is 0 Å². The van der Waals surface area contributed by atoms with Gasteiger partial charge in [0.05, 0.1) is 12.8 Å². The van der Waals surface area contributed by atoms with E-state index in [1.807, 2.05) is 48.5 Å². The minimum absolute atomic E-state index is 0.265. The van der Waals surface area contributed by atoms with Gasteiger partial charge in [-0.1, -0.05) is 0 Å². The van der Waals surface area contributed by atoms with Gasteiger partial charge >= 0.3 is 5.97 Å². The van der Waals surface area contributed by atoms with Crippen LogP contribution in [0, 0.1) is 6.92 Å². The number of carboxylic acids is 1. The predicted octanol–water partition coefficient (Wildman–Crippen LogP) is 4.28. The number of thiazole rings is 1. The number of ether oxygens (including phenoxy) is 3. The molecule has 0 bridgehead atoms. The van der Waals surface area contributed by atoms with Crippen molar-refractivity contribution < 1.29 is 24.1 Å². The number of carboxylic acid groups (broad SMARTS) is 1. The topological polar surface area (TPSA) is 77.9 Å². The summed E-state index contributed by atoms with van der Waals surface area (Å²) < 4.78 is 16.4. The highest BCUT2D eigenvalue weighted by molar-refractivity contribution is 7.17. The fourth-order valence-corrected chi connectivity index (χ4v) is 3.31. The number of hydrogen-bond acceptors (Lipinski definition) is 6. The van der Waals surface area contributed by atoms with E-state index >= 15 is 0 Å². The van der Waals surface area contributed by atoms with Crippen LogP contribution in [0.15, 0.2) is 48.5 Å². The predicted molar refractivity (Wildman–Crippen MR) is 103 cm³/mol. The molecular weight excluding hydrogens is 366 g/mol. The summed E-state index contributed by atoms with van der Waals surface area (Å²) in [5.74, 6) is 1.30. The minimum Gasteiger partial charge on any atom is -0.497 e. The van der Waals surface area contributed by atoms with Crippen molar-refractivity contribution in [2.45, 2.75) is 6.92 Å². The number of aromatic carboxylic acids is 1. The Balaban J connectivity index is 1.51. The van der Waals surface area contributed by atoms with E-state index in [9.17, 15) is 4.79 Å². The van der Waals surface area contributed by atoms with Gasteiger partial charge in [0.2, 0.25) is 0 Å². The molecule has 0 saturated carbocycles. The van der Waals surface area contributed by atoms with Crippen LogP contribution in [0.3, 0.4) is 0 Å². The smallest absolute Gasteiger partial charge is 0.347 e. The average Bonchev–Trinajstić information content (AvgIpc) is 3.08. The standard InChI is InChI=1S/C20H19NO5S/c1-13-18(20(22)23)27-19(21-13)14-3-5-16(6-4-14)25-11-12-26-17-9-7-15(24-2)8-10-17/h3-10H,11-12H2,1-2H3,(H,22,23). The molecule has 7 heteroatoms. The lowest BCUT2D eigenvalue weighted by molar-refractivity contribution is 0.0701. The second-order valence-electron chi connectivity index (χ2n) is 5.64. The molecule has 0 unspecified atom stereocenters. The third kappa shape index (κ3) is 4.77. The zero-order chi connectivity index (χ0) is 19.2. The number of methoxy groups -OCH3 is 1. The molecule has 0 aliphatic heterocycles. The molecule has 1 aromatic heterocycles. The molecule has 140 valence electrons. The van der Waals surface area contributed by atoms with E-state index < -0.39 is 5.97 Å². The lowest BCUT2D eigenvalue weighted by atomic mass is 10.2. The molecule has 3 rings (SSSR count). The molecular formula is C20H19NO5S. The van der Waals surface area contributed by atoms with E-state index in [2.05, 4.69) is 4.98 Å². The highest BCUT2D eigenvalue weighted by Crippen LogP contribution is 2.29. The maximum atomic E-state index is 11.1. The zero-order valence-electron chi connectivity index (χ0n) is 15.0. The fraction of sp³-hybridized carbons (Fsp3) is 0.200. The first-order valence-electron chi connectivity index (χ1n) is 8.27. The SMILES string of the molecule is COc1ccc(OCCOc2ccc(-c3nc(C)c(C(=O)O)s3)cc2)cc1. The van der Waals surface area contributed by atoms with Crippen molar-refractivity contribution >= 4 is 17.3 Å². The Morgan fingerprint density at radius 3 is 1.96 bits per heavy atom. The molecule has 0 fully saturated rings. The first-order chi connectivity index (χ1) is 13.1. The fourth-order valence-electron chi connectivity index (χ4n) is 2.40. The van der Waals surface area contributed by atoms with Crippen LogP contribution < -0.4 is 14.2 Å². The number of carbonyl (C=O) groups is 1. The Hall–Kier alpha value is -3.06. The van der Waals surface area contributed by atoms with Gasteiger partial charge in [-0.15, -0.1) is 11.3 Å². The summed E-state index contributed by atoms with van der Waals surface area (Å²) in [7, 11) is 1.62. The van der Waals surface area contributed by atoms with Gasteiger partial charge in [-0.2, -0.15) is 0 Å². The van der Waals surface area contributed by atoms with Crippen LogP contribution in [0.5, 0.6) is 17.2 Å². The maximum Gasteiger partial charge on any atom is 0.347 e. The molecule has 0 saturated heterocycles. The first-order valence-corrected chi connectivity index (χ1v) is 9.09. The average molecular weight is 385 g/mol. The number of nitrogens with zero attached hydrogens (tertiary/aromatic N) is 1. The number of hydrogen-bond donors (Lipinski definition) is 1. The van der Waals surface area contributed by atoms with Crippen molar-refractivity contribution in [3.05, 3.63) is 59.1 Å². The van der Waals surface area contributed by atoms with Crippen molar-refractivity contribution in [2.75, 3.05) is 20.3 Å². The normalized spacial score (nSPS) is 10.4. The quantitative estimate of drug-likeness (QED) is 0.583. The number of aromatic nitrogens is 1. The van der Waals surface area contributed by atoms with Crippen LogP contribution in [-0.4, -0.2) is 36.4 Å². The Morgan fingerprint density at radius 2 is 1.48 bits per heavy atom. The van der Waals surface area contributed by atoms with Crippen LogP contribution in [0.2, 0.25) is 0 Å². The zero-order valence-corrected chi connectivity index (χ0v) is 15.8. The Morgan fingerprint density at radius 1 is 0.963 bits per heavy atom. The Bertz CT molecular complexity index is 903. The molecule has 1 heterocycles. The summed E-state index contributed by atoms with van der Waals surface area (Å²) in [6, 6.07) is 14.8. The molecule has 1 N–H and O–H groups in total. The summed E-state index contributed by atoms with van der Waals surface area (Å²) in [6.07, 6.45) is 0. The van der Waals surface area contributed by atoms with Crippen LogP contribution in [0.25, 0.3) is 10.6 Å². The highest BCUT2D eigenvalue weighted by atomic mass is 32.1. The lowest BCUT2D eigenvalue weighted by Crippen LogP contribution is -2.08. The molecule has 0 aliphatic rings. The molecule has 27 heavy (non-hydrogen) atoms. The summed E-state index contributed by atoms with van der Waals surface area (Å²) in [4.78, 5) is 15.7. The van der Waals surface area contributed by atoms with Gasteiger partial charge in [0.15, 0.2) is 0 Å². The van der Waals surface area contributed by atoms with Gasteiger partial charge < -0.3 is 19.3 Å². The second-order valence-corrected chi connectivity index (χ2v) is 6.63. The van der Waals surface area contributed by atoms with Crippen molar-refractivity contribution in [1.82, 2.24) is 4.98 Å². The summed E-state index contributed by atoms with van der Waals surface area (Å²) in [6.45, 7) is 2.52. The minimum atomic E-state index is -0.951. The number of rotatable bonds is 8. The van der Waals surface area contributed by atoms with Gasteiger partial charge in [0.25, 0.3) is 0 Å². The molecule has 0 radical (unpaired) electrons. The van der Waals surface area contributed by atoms with Crippen LogP contribution in [-0.2, 0) is 0 Å². The van der Waals surface area contributed by atoms with E-state index in [4.69, 9.17) is 19.3 Å². The van der Waals surface area contributed by atoms with Gasteiger partial charge in [-0.3, -0.25) is 0 Å². The molecule has 6 nitrogen and oxygen atoms in total. The Kier molecular flexibility index (Phi) is 5.93. The molecule has 0 amide bonds. The van der Waals surface area contributed by atoms with Crippen molar-refractivity contribution in [3.8, 4) is 27.8 Å². The molecule has 0 aliphatic carbocycles. The molecule has 3 aromatic rings. The third-order valence-corrected chi connectivity index (χ3v) is 4.97.